The van der Waals surface area contributed by atoms with Crippen LogP contribution >= 0.6 is 0 Å². The Morgan fingerprint density at radius 3 is 1.83 bits per heavy atom. The number of carboxylic acid groups (broad SMARTS) is 2. The quantitative estimate of drug-likeness (QED) is 0.441. The summed E-state index contributed by atoms with van der Waals surface area (Å²) in [6.45, 7) is 15.0. The Morgan fingerprint density at radius 1 is 1.09 bits per heavy atom. The van der Waals surface area contributed by atoms with E-state index in [-0.39, 0.29) is 5.57 Å². The van der Waals surface area contributed by atoms with E-state index in [1.807, 2.05) is 0 Å². The Kier molecular flexibility index (Phi) is 15.7. The van der Waals surface area contributed by atoms with Crippen LogP contribution in [0.25, 0.3) is 0 Å². The van der Waals surface area contributed by atoms with Crippen LogP contribution in [-0.2, 0) is 9.59 Å². The van der Waals surface area contributed by atoms with Gasteiger partial charge in [-0.15, -0.1) is 0 Å². The lowest BCUT2D eigenvalue weighted by molar-refractivity contribution is -0.133. The highest BCUT2D eigenvalue weighted by Gasteiger charge is 2.09. The van der Waals surface area contributed by atoms with Gasteiger partial charge in [0.05, 0.1) is 0 Å². The summed E-state index contributed by atoms with van der Waals surface area (Å²) in [5.41, 5.74) is 0.523. The number of unbranched alkanes of at least 4 members (excludes halogenated alkanes) is 1. The van der Waals surface area contributed by atoms with E-state index in [0.717, 1.165) is 12.8 Å². The van der Waals surface area contributed by atoms with Gasteiger partial charge in [0, 0.05) is 24.2 Å². The molecule has 1 fully saturated rings. The second-order valence-electron chi connectivity index (χ2n) is 5.70. The molecule has 1 atom stereocenters. The van der Waals surface area contributed by atoms with Crippen LogP contribution in [0.5, 0.6) is 0 Å². The summed E-state index contributed by atoms with van der Waals surface area (Å²) in [6, 6.07) is 0. The Hall–Kier alpha value is -1.62. The highest BCUT2D eigenvalue weighted by atomic mass is 16.4. The maximum atomic E-state index is 10.5. The lowest BCUT2D eigenvalue weighted by Gasteiger charge is -2.13. The van der Waals surface area contributed by atoms with Gasteiger partial charge in [-0.25, -0.2) is 9.59 Å². The van der Waals surface area contributed by atoms with E-state index in [1.165, 1.54) is 39.3 Å². The van der Waals surface area contributed by atoms with Gasteiger partial charge in [0.15, 0.2) is 0 Å². The van der Waals surface area contributed by atoms with Crippen LogP contribution in [0.3, 0.4) is 0 Å². The normalized spacial score (nSPS) is 12.7. The van der Waals surface area contributed by atoms with Crippen molar-refractivity contribution in [2.45, 2.75) is 59.3 Å². The summed E-state index contributed by atoms with van der Waals surface area (Å²) >= 11 is 0. The van der Waals surface area contributed by atoms with Crippen molar-refractivity contribution in [1.82, 2.24) is 5.32 Å². The molecule has 5 heteroatoms. The van der Waals surface area contributed by atoms with Gasteiger partial charge in [0.1, 0.15) is 0 Å². The highest BCUT2D eigenvalue weighted by molar-refractivity contribution is 5.85. The minimum absolute atomic E-state index is 0.176. The summed E-state index contributed by atoms with van der Waals surface area (Å²) in [6.07, 6.45) is 6.44. The molecule has 1 heterocycles. The number of carboxylic acids is 2. The fraction of sp³-hybridized carbons (Fsp3) is 0.667. The summed E-state index contributed by atoms with van der Waals surface area (Å²) in [4.78, 5) is 20.1. The van der Waals surface area contributed by atoms with Gasteiger partial charge >= 0.3 is 11.9 Å². The number of carbonyl (C=O) groups is 2. The Morgan fingerprint density at radius 2 is 1.57 bits per heavy atom. The molecule has 1 unspecified atom stereocenters. The molecule has 0 aromatic heterocycles. The predicted octanol–water partition coefficient (Wildman–Crippen LogP) is 3.86. The van der Waals surface area contributed by atoms with Crippen molar-refractivity contribution >= 4 is 11.9 Å². The minimum Gasteiger partial charge on any atom is -0.478 e. The van der Waals surface area contributed by atoms with Crippen LogP contribution in [0.4, 0.5) is 0 Å². The first-order chi connectivity index (χ1) is 10.8. The lowest BCUT2D eigenvalue weighted by atomic mass is 9.93. The average molecular weight is 327 g/mol. The predicted molar refractivity (Wildman–Crippen MR) is 94.6 cm³/mol. The number of aliphatic carboxylic acids is 2. The van der Waals surface area contributed by atoms with E-state index < -0.39 is 11.9 Å². The van der Waals surface area contributed by atoms with Crippen molar-refractivity contribution in [3.05, 3.63) is 24.3 Å². The van der Waals surface area contributed by atoms with Crippen LogP contribution in [0.1, 0.15) is 59.3 Å². The Labute approximate surface area is 140 Å². The molecule has 23 heavy (non-hydrogen) atoms. The largest absolute Gasteiger partial charge is 0.478 e. The zero-order chi connectivity index (χ0) is 18.3. The fourth-order valence-corrected chi connectivity index (χ4v) is 1.53. The van der Waals surface area contributed by atoms with Crippen molar-refractivity contribution in [2.75, 3.05) is 13.1 Å². The lowest BCUT2D eigenvalue weighted by Crippen LogP contribution is -2.04. The highest BCUT2D eigenvalue weighted by Crippen LogP contribution is 2.20. The molecule has 0 aliphatic carbocycles. The van der Waals surface area contributed by atoms with Gasteiger partial charge in [0.2, 0.25) is 0 Å². The summed E-state index contributed by atoms with van der Waals surface area (Å²) in [5.74, 6) is -1.11. The number of hydrogen-bond donors (Lipinski definition) is 3. The van der Waals surface area contributed by atoms with E-state index in [4.69, 9.17) is 10.2 Å². The molecular weight excluding hydrogens is 294 g/mol. The first-order valence-electron chi connectivity index (χ1n) is 8.26. The minimum atomic E-state index is -0.935. The zero-order valence-corrected chi connectivity index (χ0v) is 14.9. The zero-order valence-electron chi connectivity index (χ0n) is 14.9. The molecule has 1 rings (SSSR count). The molecule has 1 saturated heterocycles. The molecule has 0 saturated carbocycles. The molecule has 0 spiro atoms. The SMILES string of the molecule is C1CN1.C=C(C)C(=O)O.C=C(CCC(CC)CCCC)C(=O)O. The Bertz CT molecular complexity index is 360. The molecule has 5 nitrogen and oxygen atoms in total. The van der Waals surface area contributed by atoms with Crippen molar-refractivity contribution in [3.63, 3.8) is 0 Å². The maximum absolute atomic E-state index is 10.5. The summed E-state index contributed by atoms with van der Waals surface area (Å²) in [5, 5.41) is 19.5. The van der Waals surface area contributed by atoms with Crippen molar-refractivity contribution < 1.29 is 19.8 Å². The van der Waals surface area contributed by atoms with E-state index in [2.05, 4.69) is 32.3 Å². The van der Waals surface area contributed by atoms with E-state index in [0.29, 0.717) is 17.9 Å². The number of rotatable bonds is 9. The third-order valence-corrected chi connectivity index (χ3v) is 3.32. The van der Waals surface area contributed by atoms with Gasteiger partial charge in [0.25, 0.3) is 0 Å². The monoisotopic (exact) mass is 327 g/mol. The van der Waals surface area contributed by atoms with Crippen LogP contribution in [0.15, 0.2) is 24.3 Å². The third-order valence-electron chi connectivity index (χ3n) is 3.32. The van der Waals surface area contributed by atoms with Crippen LogP contribution < -0.4 is 5.32 Å². The second-order valence-corrected chi connectivity index (χ2v) is 5.70. The van der Waals surface area contributed by atoms with Crippen molar-refractivity contribution in [1.29, 1.82) is 0 Å². The number of nitrogens with one attached hydrogen (secondary N) is 1. The maximum Gasteiger partial charge on any atom is 0.330 e. The van der Waals surface area contributed by atoms with Crippen LogP contribution in [-0.4, -0.2) is 35.2 Å². The summed E-state index contributed by atoms with van der Waals surface area (Å²) in [7, 11) is 0. The van der Waals surface area contributed by atoms with Gasteiger partial charge in [-0.1, -0.05) is 52.7 Å². The van der Waals surface area contributed by atoms with E-state index >= 15 is 0 Å². The molecule has 1 aliphatic heterocycles. The standard InChI is InChI=1S/C12H22O2.C4H6O2.C2H5N/c1-4-6-7-11(5-2)9-8-10(3)12(13)14;1-3(2)4(5)6;1-2-3-1/h11H,3-9H2,1-2H3,(H,13,14);1H2,2H3,(H,5,6);3H,1-2H2. The molecule has 0 amide bonds. The average Bonchev–Trinajstić information content (AvgIpc) is 3.36. The molecule has 0 bridgehead atoms. The molecule has 134 valence electrons. The van der Waals surface area contributed by atoms with Gasteiger partial charge in [-0.05, 0) is 25.7 Å². The van der Waals surface area contributed by atoms with Crippen LogP contribution in [0, 0.1) is 5.92 Å². The first-order valence-corrected chi connectivity index (χ1v) is 8.26. The summed E-state index contributed by atoms with van der Waals surface area (Å²) < 4.78 is 0. The van der Waals surface area contributed by atoms with Gasteiger partial charge in [-0.3, -0.25) is 0 Å². The second kappa shape index (κ2) is 15.3. The molecule has 0 aromatic rings. The molecule has 0 aromatic carbocycles. The third kappa shape index (κ3) is 20.4. The molecular formula is C18H33NO4. The molecule has 0 radical (unpaired) electrons. The van der Waals surface area contributed by atoms with E-state index in [9.17, 15) is 9.59 Å². The fourth-order valence-electron chi connectivity index (χ4n) is 1.53. The van der Waals surface area contributed by atoms with Gasteiger partial charge < -0.3 is 15.5 Å². The topological polar surface area (TPSA) is 96.5 Å². The van der Waals surface area contributed by atoms with E-state index in [1.54, 1.807) is 0 Å². The number of hydrogen-bond acceptors (Lipinski definition) is 3. The van der Waals surface area contributed by atoms with Crippen molar-refractivity contribution in [3.8, 4) is 0 Å². The van der Waals surface area contributed by atoms with Gasteiger partial charge in [-0.2, -0.15) is 0 Å². The molecule has 3 N–H and O–H groups in total. The Balaban J connectivity index is 0. The smallest absolute Gasteiger partial charge is 0.330 e. The molecule has 1 aliphatic rings. The first kappa shape index (κ1) is 23.6. The van der Waals surface area contributed by atoms with Crippen LogP contribution in [0.2, 0.25) is 0 Å². The van der Waals surface area contributed by atoms with Crippen molar-refractivity contribution in [2.24, 2.45) is 5.92 Å².